The van der Waals surface area contributed by atoms with Crippen molar-refractivity contribution in [3.05, 3.63) is 99.2 Å². The van der Waals surface area contributed by atoms with Gasteiger partial charge in [0.2, 0.25) is 0 Å². The third-order valence-electron chi connectivity index (χ3n) is 6.03. The Hall–Kier alpha value is -4.25. The number of aromatic nitrogens is 1. The predicted octanol–water partition coefficient (Wildman–Crippen LogP) is 4.27. The minimum atomic E-state index is -0.815. The Morgan fingerprint density at radius 3 is 2.19 bits per heavy atom. The largest absolute Gasteiger partial charge is 0.469 e. The third-order valence-corrected chi connectivity index (χ3v) is 6.73. The number of benzene rings is 2. The summed E-state index contributed by atoms with van der Waals surface area (Å²) in [6.45, 7) is 3.73. The van der Waals surface area contributed by atoms with E-state index >= 15 is 0 Å². The Labute approximate surface area is 218 Å². The van der Waals surface area contributed by atoms with Crippen LogP contribution < -0.4 is 10.6 Å². The third kappa shape index (κ3) is 6.12. The molecule has 3 atom stereocenters. The minimum absolute atomic E-state index is 0.137. The lowest BCUT2D eigenvalue weighted by atomic mass is 9.70. The van der Waals surface area contributed by atoms with Crippen LogP contribution in [0.25, 0.3) is 0 Å². The molecule has 0 bridgehead atoms. The summed E-state index contributed by atoms with van der Waals surface area (Å²) >= 11 is 1.39. The predicted molar refractivity (Wildman–Crippen MR) is 140 cm³/mol. The molecule has 3 aromatic rings. The number of hydrogen-bond donors (Lipinski definition) is 2. The van der Waals surface area contributed by atoms with E-state index in [9.17, 15) is 19.7 Å². The van der Waals surface area contributed by atoms with E-state index in [1.54, 1.807) is 31.3 Å². The molecule has 1 aliphatic rings. The maximum absolute atomic E-state index is 13.0. The standard InChI is InChI=1S/C20H23N3O4S.C6H5NO2/c1-12-14(17(24)26-3)16(22-19-21-10-11-28-19)15(18(25)27-4)20(2,23-12)13-8-6-5-7-9-13;8-7(9)6-4-2-1-3-5-6/h5-11,15-16,23H,1-4H3,(H,21,22);1-5H. The van der Waals surface area contributed by atoms with Crippen LogP contribution in [0.4, 0.5) is 10.8 Å². The first-order chi connectivity index (χ1) is 17.7. The fourth-order valence-electron chi connectivity index (χ4n) is 4.33. The number of ether oxygens (including phenoxy) is 2. The highest BCUT2D eigenvalue weighted by atomic mass is 32.1. The Morgan fingerprint density at radius 2 is 1.70 bits per heavy atom. The van der Waals surface area contributed by atoms with Gasteiger partial charge in [-0.1, -0.05) is 48.5 Å². The van der Waals surface area contributed by atoms with Gasteiger partial charge in [-0.25, -0.2) is 9.78 Å². The SMILES string of the molecule is COC(=O)C1=C(C)NC(C)(c2ccccc2)C(C(=O)OC)C1Nc1nccs1.O=[N+]([O-])c1ccccc1. The smallest absolute Gasteiger partial charge is 0.337 e. The molecule has 37 heavy (non-hydrogen) atoms. The zero-order chi connectivity index (χ0) is 27.0. The Balaban J connectivity index is 0.000000356. The second-order valence-corrected chi connectivity index (χ2v) is 9.17. The second kappa shape index (κ2) is 12.1. The van der Waals surface area contributed by atoms with Crippen LogP contribution in [0.3, 0.4) is 0 Å². The molecule has 0 aliphatic carbocycles. The van der Waals surface area contributed by atoms with Gasteiger partial charge in [0.25, 0.3) is 5.69 Å². The zero-order valence-electron chi connectivity index (χ0n) is 20.8. The van der Waals surface area contributed by atoms with E-state index in [-0.39, 0.29) is 5.69 Å². The summed E-state index contributed by atoms with van der Waals surface area (Å²) in [6, 6.07) is 16.9. The number of hydrogen-bond acceptors (Lipinski definition) is 10. The monoisotopic (exact) mass is 524 g/mol. The average molecular weight is 525 g/mol. The van der Waals surface area contributed by atoms with E-state index in [1.165, 1.54) is 37.7 Å². The molecule has 4 rings (SSSR count). The van der Waals surface area contributed by atoms with E-state index in [0.29, 0.717) is 16.4 Å². The van der Waals surface area contributed by atoms with Gasteiger partial charge >= 0.3 is 11.9 Å². The maximum atomic E-state index is 13.0. The number of non-ortho nitro benzene ring substituents is 1. The summed E-state index contributed by atoms with van der Waals surface area (Å²) in [7, 11) is 2.67. The summed E-state index contributed by atoms with van der Waals surface area (Å²) in [4.78, 5) is 39.4. The van der Waals surface area contributed by atoms with Crippen molar-refractivity contribution < 1.29 is 24.0 Å². The fraction of sp³-hybridized carbons (Fsp3) is 0.269. The van der Waals surface area contributed by atoms with Crippen molar-refractivity contribution in [2.45, 2.75) is 25.4 Å². The van der Waals surface area contributed by atoms with Crippen molar-refractivity contribution >= 4 is 34.1 Å². The highest BCUT2D eigenvalue weighted by molar-refractivity contribution is 7.13. The quantitative estimate of drug-likeness (QED) is 0.275. The molecule has 2 N–H and O–H groups in total. The van der Waals surface area contributed by atoms with Gasteiger partial charge in [0.05, 0.1) is 36.3 Å². The number of methoxy groups -OCH3 is 2. The highest BCUT2D eigenvalue weighted by Gasteiger charge is 2.52. The molecule has 0 spiro atoms. The molecule has 0 amide bonds. The molecule has 194 valence electrons. The van der Waals surface area contributed by atoms with Crippen LogP contribution in [0.5, 0.6) is 0 Å². The lowest BCUT2D eigenvalue weighted by Gasteiger charge is -2.46. The van der Waals surface area contributed by atoms with Crippen LogP contribution in [0.15, 0.2) is 83.5 Å². The minimum Gasteiger partial charge on any atom is -0.469 e. The Kier molecular flexibility index (Phi) is 8.96. The first kappa shape index (κ1) is 27.3. The molecule has 3 unspecified atom stereocenters. The van der Waals surface area contributed by atoms with Gasteiger partial charge in [0.15, 0.2) is 5.13 Å². The van der Waals surface area contributed by atoms with Crippen LogP contribution in [0, 0.1) is 16.0 Å². The van der Waals surface area contributed by atoms with Crippen molar-refractivity contribution in [2.24, 2.45) is 5.92 Å². The average Bonchev–Trinajstić information content (AvgIpc) is 3.42. The number of nitrogens with one attached hydrogen (secondary N) is 2. The van der Waals surface area contributed by atoms with Crippen LogP contribution in [-0.4, -0.2) is 42.1 Å². The fourth-order valence-corrected chi connectivity index (χ4v) is 4.89. The van der Waals surface area contributed by atoms with Crippen LogP contribution in [0.2, 0.25) is 0 Å². The van der Waals surface area contributed by atoms with Gasteiger partial charge in [-0.15, -0.1) is 11.3 Å². The van der Waals surface area contributed by atoms with E-state index in [4.69, 9.17) is 9.47 Å². The zero-order valence-corrected chi connectivity index (χ0v) is 21.7. The molecule has 0 saturated heterocycles. The number of nitro benzene ring substituents is 1. The Morgan fingerprint density at radius 1 is 1.08 bits per heavy atom. The molecular formula is C26H28N4O6S. The van der Waals surface area contributed by atoms with E-state index < -0.39 is 34.4 Å². The summed E-state index contributed by atoms with van der Waals surface area (Å²) < 4.78 is 10.1. The van der Waals surface area contributed by atoms with Crippen molar-refractivity contribution in [3.8, 4) is 0 Å². The number of nitro groups is 1. The first-order valence-corrected chi connectivity index (χ1v) is 12.2. The number of esters is 2. The summed E-state index contributed by atoms with van der Waals surface area (Å²) in [5.41, 5.74) is 1.20. The normalized spacial score (nSPS) is 20.5. The van der Waals surface area contributed by atoms with Crippen LogP contribution in [0.1, 0.15) is 19.4 Å². The van der Waals surface area contributed by atoms with Gasteiger partial charge in [-0.05, 0) is 19.4 Å². The molecule has 10 nitrogen and oxygen atoms in total. The Bertz CT molecular complexity index is 1250. The van der Waals surface area contributed by atoms with E-state index in [1.807, 2.05) is 42.6 Å². The van der Waals surface area contributed by atoms with Gasteiger partial charge in [0.1, 0.15) is 5.92 Å². The lowest BCUT2D eigenvalue weighted by Crippen LogP contribution is -2.60. The first-order valence-electron chi connectivity index (χ1n) is 11.3. The van der Waals surface area contributed by atoms with Crippen molar-refractivity contribution in [1.82, 2.24) is 10.3 Å². The van der Waals surface area contributed by atoms with Crippen molar-refractivity contribution in [2.75, 3.05) is 19.5 Å². The maximum Gasteiger partial charge on any atom is 0.337 e. The molecular weight excluding hydrogens is 496 g/mol. The van der Waals surface area contributed by atoms with Crippen molar-refractivity contribution in [1.29, 1.82) is 0 Å². The van der Waals surface area contributed by atoms with Gasteiger partial charge < -0.3 is 20.1 Å². The number of carbonyl (C=O) groups excluding carboxylic acids is 2. The molecule has 0 fully saturated rings. The number of carbonyl (C=O) groups is 2. The number of anilines is 1. The highest BCUT2D eigenvalue weighted by Crippen LogP contribution is 2.41. The molecule has 11 heteroatoms. The lowest BCUT2D eigenvalue weighted by molar-refractivity contribution is -0.384. The summed E-state index contributed by atoms with van der Waals surface area (Å²) in [5.74, 6) is -1.70. The number of para-hydroxylation sites is 1. The molecule has 2 heterocycles. The van der Waals surface area contributed by atoms with Crippen molar-refractivity contribution in [3.63, 3.8) is 0 Å². The topological polar surface area (TPSA) is 133 Å². The molecule has 1 aromatic heterocycles. The van der Waals surface area contributed by atoms with E-state index in [2.05, 4.69) is 15.6 Å². The summed E-state index contributed by atoms with van der Waals surface area (Å²) in [5, 5.41) is 19.1. The number of rotatable bonds is 6. The molecule has 0 saturated carbocycles. The van der Waals surface area contributed by atoms with E-state index in [0.717, 1.165) is 5.56 Å². The number of thiazole rings is 1. The molecule has 0 radical (unpaired) electrons. The number of nitrogens with zero attached hydrogens (tertiary/aromatic N) is 2. The molecule has 1 aliphatic heterocycles. The van der Waals surface area contributed by atoms with Crippen LogP contribution in [-0.2, 0) is 24.6 Å². The van der Waals surface area contributed by atoms with Gasteiger partial charge in [-0.3, -0.25) is 14.9 Å². The summed E-state index contributed by atoms with van der Waals surface area (Å²) in [6.07, 6.45) is 1.66. The second-order valence-electron chi connectivity index (χ2n) is 8.28. The van der Waals surface area contributed by atoms with Gasteiger partial charge in [-0.2, -0.15) is 0 Å². The van der Waals surface area contributed by atoms with Crippen LogP contribution >= 0.6 is 11.3 Å². The number of allylic oxidation sites excluding steroid dienone is 1. The van der Waals surface area contributed by atoms with Gasteiger partial charge in [0, 0.05) is 29.4 Å². The molecule has 2 aromatic carbocycles.